The largest absolute Gasteiger partial charge is 0.451 e. The Kier molecular flexibility index (Phi) is 5.62. The maximum atomic E-state index is 13.1. The van der Waals surface area contributed by atoms with Crippen molar-refractivity contribution in [1.82, 2.24) is 19.5 Å². The molecule has 3 heterocycles. The Morgan fingerprint density at radius 2 is 1.94 bits per heavy atom. The number of nitrogens with zero attached hydrogens (tertiary/aromatic N) is 4. The highest BCUT2D eigenvalue weighted by Crippen LogP contribution is 2.32. The van der Waals surface area contributed by atoms with Crippen molar-refractivity contribution in [2.24, 2.45) is 0 Å². The molecular weight excluding hydrogens is 446 g/mol. The summed E-state index contributed by atoms with van der Waals surface area (Å²) in [6.07, 6.45) is 8.51. The van der Waals surface area contributed by atoms with Crippen LogP contribution in [0.1, 0.15) is 16.1 Å². The Bertz CT molecular complexity index is 1390. The summed E-state index contributed by atoms with van der Waals surface area (Å²) in [6.45, 7) is 0. The van der Waals surface area contributed by atoms with E-state index in [0.717, 1.165) is 16.6 Å². The van der Waals surface area contributed by atoms with Crippen molar-refractivity contribution in [3.8, 4) is 5.69 Å². The molecule has 32 heavy (non-hydrogen) atoms. The van der Waals surface area contributed by atoms with E-state index >= 15 is 0 Å². The second-order valence-corrected chi connectivity index (χ2v) is 8.17. The van der Waals surface area contributed by atoms with Gasteiger partial charge in [-0.25, -0.2) is 15.0 Å². The summed E-state index contributed by atoms with van der Waals surface area (Å²) in [4.78, 5) is 25.6. The van der Waals surface area contributed by atoms with Gasteiger partial charge in [-0.1, -0.05) is 41.6 Å². The number of aromatic nitrogens is 4. The van der Waals surface area contributed by atoms with Crippen molar-refractivity contribution >= 4 is 45.9 Å². The lowest BCUT2D eigenvalue weighted by atomic mass is 10.1. The van der Waals surface area contributed by atoms with Gasteiger partial charge >= 0.3 is 0 Å². The van der Waals surface area contributed by atoms with Gasteiger partial charge in [0.2, 0.25) is 0 Å². The van der Waals surface area contributed by atoms with Crippen LogP contribution in [0.5, 0.6) is 0 Å². The molecule has 0 aliphatic rings. The molecule has 0 fully saturated rings. The number of thioether (sulfide) groups is 1. The minimum atomic E-state index is -0.350. The summed E-state index contributed by atoms with van der Waals surface area (Å²) >= 11 is 7.86. The molecule has 0 aliphatic heterocycles. The van der Waals surface area contributed by atoms with E-state index < -0.39 is 0 Å². The fourth-order valence-electron chi connectivity index (χ4n) is 3.31. The SMILES string of the molecule is O=C(Nc1ccc(-n2ccnc2)c(Cl)c1)c1oc2ccccc2c1CSc1ncccn1. The van der Waals surface area contributed by atoms with Crippen LogP contribution < -0.4 is 5.32 Å². The highest BCUT2D eigenvalue weighted by molar-refractivity contribution is 7.98. The number of hydrogen-bond donors (Lipinski definition) is 1. The molecule has 0 radical (unpaired) electrons. The third kappa shape index (κ3) is 4.10. The number of anilines is 1. The van der Waals surface area contributed by atoms with Crippen molar-refractivity contribution in [1.29, 1.82) is 0 Å². The molecule has 0 unspecified atom stereocenters. The molecule has 0 aliphatic carbocycles. The molecular formula is C23H16ClN5O2S. The van der Waals surface area contributed by atoms with Crippen LogP contribution in [0.2, 0.25) is 5.02 Å². The summed E-state index contributed by atoms with van der Waals surface area (Å²) in [5.41, 5.74) is 2.77. The number of para-hydroxylation sites is 1. The van der Waals surface area contributed by atoms with Crippen LogP contribution >= 0.6 is 23.4 Å². The fraction of sp³-hybridized carbons (Fsp3) is 0.0435. The number of imidazole rings is 1. The van der Waals surface area contributed by atoms with Crippen LogP contribution in [0.15, 0.2) is 89.2 Å². The lowest BCUT2D eigenvalue weighted by molar-refractivity contribution is 0.0998. The normalized spacial score (nSPS) is 11.0. The van der Waals surface area contributed by atoms with Gasteiger partial charge in [-0.2, -0.15) is 0 Å². The quantitative estimate of drug-likeness (QED) is 0.261. The number of nitrogens with one attached hydrogen (secondary N) is 1. The van der Waals surface area contributed by atoms with E-state index in [1.54, 1.807) is 53.9 Å². The summed E-state index contributed by atoms with van der Waals surface area (Å²) in [5, 5.41) is 4.89. The van der Waals surface area contributed by atoms with Gasteiger partial charge in [-0.3, -0.25) is 4.79 Å². The molecule has 5 aromatic rings. The number of halogens is 1. The van der Waals surface area contributed by atoms with Gasteiger partial charge in [0.25, 0.3) is 5.91 Å². The first-order valence-corrected chi connectivity index (χ1v) is 11.0. The van der Waals surface area contributed by atoms with Crippen LogP contribution in [-0.4, -0.2) is 25.4 Å². The molecule has 7 nitrogen and oxygen atoms in total. The predicted molar refractivity (Wildman–Crippen MR) is 124 cm³/mol. The van der Waals surface area contributed by atoms with Crippen molar-refractivity contribution < 1.29 is 9.21 Å². The van der Waals surface area contributed by atoms with E-state index in [1.807, 2.05) is 30.3 Å². The first-order chi connectivity index (χ1) is 15.7. The zero-order valence-corrected chi connectivity index (χ0v) is 18.2. The number of rotatable bonds is 6. The first kappa shape index (κ1) is 20.3. The summed E-state index contributed by atoms with van der Waals surface area (Å²) in [6, 6.07) is 14.6. The lowest BCUT2D eigenvalue weighted by Crippen LogP contribution is -2.13. The van der Waals surface area contributed by atoms with Gasteiger partial charge in [0.1, 0.15) is 5.58 Å². The molecule has 0 saturated carbocycles. The minimum absolute atomic E-state index is 0.254. The maximum absolute atomic E-state index is 13.1. The van der Waals surface area contributed by atoms with Crippen LogP contribution in [0.25, 0.3) is 16.7 Å². The van der Waals surface area contributed by atoms with Gasteiger partial charge in [-0.15, -0.1) is 0 Å². The third-order valence-corrected chi connectivity index (χ3v) is 5.99. The molecule has 9 heteroatoms. The molecule has 0 bridgehead atoms. The van der Waals surface area contributed by atoms with E-state index in [0.29, 0.717) is 27.2 Å². The second kappa shape index (κ2) is 8.86. The Morgan fingerprint density at radius 1 is 1.09 bits per heavy atom. The number of carbonyl (C=O) groups excluding carboxylic acids is 1. The number of fused-ring (bicyclic) bond motifs is 1. The molecule has 158 valence electrons. The molecule has 0 atom stereocenters. The molecule has 1 amide bonds. The molecule has 0 spiro atoms. The summed E-state index contributed by atoms with van der Waals surface area (Å²) in [7, 11) is 0. The minimum Gasteiger partial charge on any atom is -0.451 e. The van der Waals surface area contributed by atoms with Crippen LogP contribution in [0.3, 0.4) is 0 Å². The Morgan fingerprint density at radius 3 is 2.72 bits per heavy atom. The van der Waals surface area contributed by atoms with Crippen LogP contribution in [0.4, 0.5) is 5.69 Å². The van der Waals surface area contributed by atoms with Crippen molar-refractivity contribution in [3.05, 3.63) is 96.0 Å². The molecule has 0 saturated heterocycles. The monoisotopic (exact) mass is 461 g/mol. The second-order valence-electron chi connectivity index (χ2n) is 6.82. The van der Waals surface area contributed by atoms with E-state index in [1.165, 1.54) is 11.8 Å². The van der Waals surface area contributed by atoms with E-state index in [9.17, 15) is 4.79 Å². The summed E-state index contributed by atoms with van der Waals surface area (Å²) < 4.78 is 7.72. The van der Waals surface area contributed by atoms with Gasteiger partial charge in [0, 0.05) is 47.2 Å². The van der Waals surface area contributed by atoms with Gasteiger partial charge in [-0.05, 0) is 30.3 Å². The zero-order chi connectivity index (χ0) is 21.9. The van der Waals surface area contributed by atoms with Crippen molar-refractivity contribution in [2.75, 3.05) is 5.32 Å². The van der Waals surface area contributed by atoms with Gasteiger partial charge < -0.3 is 14.3 Å². The first-order valence-electron chi connectivity index (χ1n) is 9.68. The zero-order valence-electron chi connectivity index (χ0n) is 16.6. The number of benzene rings is 2. The third-order valence-electron chi connectivity index (χ3n) is 4.78. The Balaban J connectivity index is 1.42. The summed E-state index contributed by atoms with van der Waals surface area (Å²) in [5.74, 6) is 0.395. The number of hydrogen-bond acceptors (Lipinski definition) is 6. The number of carbonyl (C=O) groups is 1. The lowest BCUT2D eigenvalue weighted by Gasteiger charge is -2.09. The number of amides is 1. The maximum Gasteiger partial charge on any atom is 0.291 e. The smallest absolute Gasteiger partial charge is 0.291 e. The molecule has 2 aromatic carbocycles. The molecule has 1 N–H and O–H groups in total. The molecule has 3 aromatic heterocycles. The van der Waals surface area contributed by atoms with Crippen LogP contribution in [-0.2, 0) is 5.75 Å². The standard InChI is InChI=1S/C23H16ClN5O2S/c24-18-12-15(6-7-19(18)29-11-10-25-14-29)28-22(30)21-17(13-32-23-26-8-3-9-27-23)16-4-1-2-5-20(16)31-21/h1-12,14H,13H2,(H,28,30). The van der Waals surface area contributed by atoms with Crippen molar-refractivity contribution in [3.63, 3.8) is 0 Å². The van der Waals surface area contributed by atoms with Crippen molar-refractivity contribution in [2.45, 2.75) is 10.9 Å². The van der Waals surface area contributed by atoms with Gasteiger partial charge in [0.05, 0.1) is 17.0 Å². The average molecular weight is 462 g/mol. The van der Waals surface area contributed by atoms with Gasteiger partial charge in [0.15, 0.2) is 10.9 Å². The predicted octanol–water partition coefficient (Wildman–Crippen LogP) is 5.61. The van der Waals surface area contributed by atoms with E-state index in [2.05, 4.69) is 20.3 Å². The number of furan rings is 1. The Labute approximate surface area is 192 Å². The van der Waals surface area contributed by atoms with E-state index in [4.69, 9.17) is 16.0 Å². The highest BCUT2D eigenvalue weighted by atomic mass is 35.5. The Hall–Kier alpha value is -3.62. The van der Waals surface area contributed by atoms with E-state index in [-0.39, 0.29) is 11.7 Å². The topological polar surface area (TPSA) is 85.8 Å². The van der Waals surface area contributed by atoms with Crippen LogP contribution in [0, 0.1) is 0 Å². The average Bonchev–Trinajstić information content (AvgIpc) is 3.47. The fourth-order valence-corrected chi connectivity index (χ4v) is 4.41. The molecule has 5 rings (SSSR count). The highest BCUT2D eigenvalue weighted by Gasteiger charge is 2.21.